The van der Waals surface area contributed by atoms with Crippen molar-refractivity contribution in [2.75, 3.05) is 5.73 Å². The number of pyridine rings is 1. The van der Waals surface area contributed by atoms with Crippen LogP contribution in [0, 0.1) is 6.92 Å². The predicted molar refractivity (Wildman–Crippen MR) is 54.9 cm³/mol. The molecule has 2 N–H and O–H groups in total. The number of hydrogen-bond donors (Lipinski definition) is 1. The zero-order valence-electron chi connectivity index (χ0n) is 8.07. The SMILES string of the molecule is Cc1nc2ccc(N)nc2n1C1CC1. The normalized spacial score (nSPS) is 16.4. The van der Waals surface area contributed by atoms with Crippen LogP contribution < -0.4 is 5.73 Å². The van der Waals surface area contributed by atoms with Gasteiger partial charge in [0.15, 0.2) is 5.65 Å². The van der Waals surface area contributed by atoms with Crippen molar-refractivity contribution in [2.45, 2.75) is 25.8 Å². The Hall–Kier alpha value is -1.58. The average Bonchev–Trinajstić information content (AvgIpc) is 2.90. The van der Waals surface area contributed by atoms with Gasteiger partial charge in [0.25, 0.3) is 0 Å². The third-order valence-corrected chi connectivity index (χ3v) is 2.65. The first-order valence-electron chi connectivity index (χ1n) is 4.87. The van der Waals surface area contributed by atoms with Crippen molar-refractivity contribution in [1.82, 2.24) is 14.5 Å². The third-order valence-electron chi connectivity index (χ3n) is 2.65. The third kappa shape index (κ3) is 0.999. The summed E-state index contributed by atoms with van der Waals surface area (Å²) in [4.78, 5) is 8.80. The molecule has 0 bridgehead atoms. The monoisotopic (exact) mass is 188 g/mol. The van der Waals surface area contributed by atoms with E-state index < -0.39 is 0 Å². The summed E-state index contributed by atoms with van der Waals surface area (Å²) in [7, 11) is 0. The van der Waals surface area contributed by atoms with E-state index in [4.69, 9.17) is 5.73 Å². The molecule has 1 fully saturated rings. The Morgan fingerprint density at radius 3 is 2.86 bits per heavy atom. The molecule has 0 aromatic carbocycles. The van der Waals surface area contributed by atoms with Gasteiger partial charge in [0, 0.05) is 6.04 Å². The van der Waals surface area contributed by atoms with Gasteiger partial charge in [-0.25, -0.2) is 9.97 Å². The molecule has 2 aromatic rings. The molecule has 14 heavy (non-hydrogen) atoms. The molecule has 1 saturated carbocycles. The van der Waals surface area contributed by atoms with E-state index in [2.05, 4.69) is 14.5 Å². The number of aryl methyl sites for hydroxylation is 1. The number of imidazole rings is 1. The summed E-state index contributed by atoms with van der Waals surface area (Å²) in [6.07, 6.45) is 2.48. The van der Waals surface area contributed by atoms with Gasteiger partial charge >= 0.3 is 0 Å². The summed E-state index contributed by atoms with van der Waals surface area (Å²) in [5.41, 5.74) is 7.55. The minimum Gasteiger partial charge on any atom is -0.384 e. The van der Waals surface area contributed by atoms with E-state index in [9.17, 15) is 0 Å². The van der Waals surface area contributed by atoms with Crippen molar-refractivity contribution in [1.29, 1.82) is 0 Å². The number of nitrogens with zero attached hydrogens (tertiary/aromatic N) is 3. The largest absolute Gasteiger partial charge is 0.384 e. The summed E-state index contributed by atoms with van der Waals surface area (Å²) in [6.45, 7) is 2.02. The van der Waals surface area contributed by atoms with E-state index in [-0.39, 0.29) is 0 Å². The molecule has 0 atom stereocenters. The number of nitrogens with two attached hydrogens (primary N) is 1. The molecule has 0 unspecified atom stereocenters. The topological polar surface area (TPSA) is 56.7 Å². The number of aromatic nitrogens is 3. The van der Waals surface area contributed by atoms with Crippen molar-refractivity contribution < 1.29 is 0 Å². The Balaban J connectivity index is 2.34. The van der Waals surface area contributed by atoms with Gasteiger partial charge in [0.05, 0.1) is 0 Å². The average molecular weight is 188 g/mol. The molecule has 4 heteroatoms. The number of hydrogen-bond acceptors (Lipinski definition) is 3. The molecule has 0 amide bonds. The minimum atomic E-state index is 0.569. The molecule has 2 heterocycles. The van der Waals surface area contributed by atoms with Gasteiger partial charge < -0.3 is 10.3 Å². The highest BCUT2D eigenvalue weighted by molar-refractivity contribution is 5.73. The van der Waals surface area contributed by atoms with Crippen LogP contribution in [0.15, 0.2) is 12.1 Å². The van der Waals surface area contributed by atoms with E-state index in [0.717, 1.165) is 17.0 Å². The molecule has 0 spiro atoms. The quantitative estimate of drug-likeness (QED) is 0.740. The standard InChI is InChI=1S/C10H12N4/c1-6-12-8-4-5-9(11)13-10(8)14(6)7-2-3-7/h4-5,7H,2-3H2,1H3,(H2,11,13). The van der Waals surface area contributed by atoms with Crippen LogP contribution in [0.25, 0.3) is 11.2 Å². The van der Waals surface area contributed by atoms with E-state index in [1.165, 1.54) is 12.8 Å². The van der Waals surface area contributed by atoms with Gasteiger partial charge in [-0.2, -0.15) is 0 Å². The first kappa shape index (κ1) is 7.79. The van der Waals surface area contributed by atoms with Crippen LogP contribution in [0.2, 0.25) is 0 Å². The molecule has 0 aliphatic heterocycles. The predicted octanol–water partition coefficient (Wildman–Crippen LogP) is 1.66. The molecule has 2 aromatic heterocycles. The lowest BCUT2D eigenvalue weighted by molar-refractivity contribution is 0.727. The van der Waals surface area contributed by atoms with Crippen LogP contribution in [0.3, 0.4) is 0 Å². The van der Waals surface area contributed by atoms with Gasteiger partial charge in [-0.1, -0.05) is 0 Å². The van der Waals surface area contributed by atoms with Crippen LogP contribution in [-0.2, 0) is 0 Å². The highest BCUT2D eigenvalue weighted by Crippen LogP contribution is 2.38. The second-order valence-corrected chi connectivity index (χ2v) is 3.84. The fourth-order valence-electron chi connectivity index (χ4n) is 1.87. The van der Waals surface area contributed by atoms with Gasteiger partial charge in [-0.3, -0.25) is 0 Å². The summed E-state index contributed by atoms with van der Waals surface area (Å²) in [5, 5.41) is 0. The molecule has 0 radical (unpaired) electrons. The molecule has 3 rings (SSSR count). The first-order chi connectivity index (χ1) is 6.75. The maximum Gasteiger partial charge on any atom is 0.162 e. The number of rotatable bonds is 1. The summed E-state index contributed by atoms with van der Waals surface area (Å²) in [6, 6.07) is 4.34. The van der Waals surface area contributed by atoms with Crippen LogP contribution in [0.4, 0.5) is 5.82 Å². The van der Waals surface area contributed by atoms with E-state index in [1.54, 1.807) is 6.07 Å². The lowest BCUT2D eigenvalue weighted by Gasteiger charge is -2.02. The van der Waals surface area contributed by atoms with E-state index in [0.29, 0.717) is 11.9 Å². The fraction of sp³-hybridized carbons (Fsp3) is 0.400. The Kier molecular flexibility index (Phi) is 1.37. The van der Waals surface area contributed by atoms with Gasteiger partial charge in [-0.05, 0) is 31.9 Å². The summed E-state index contributed by atoms with van der Waals surface area (Å²) < 4.78 is 2.20. The van der Waals surface area contributed by atoms with Crippen molar-refractivity contribution in [3.8, 4) is 0 Å². The lowest BCUT2D eigenvalue weighted by atomic mass is 10.4. The maximum atomic E-state index is 5.67. The molecule has 72 valence electrons. The van der Waals surface area contributed by atoms with Crippen molar-refractivity contribution in [2.24, 2.45) is 0 Å². The van der Waals surface area contributed by atoms with Crippen LogP contribution in [0.1, 0.15) is 24.7 Å². The van der Waals surface area contributed by atoms with Gasteiger partial charge in [-0.15, -0.1) is 0 Å². The number of anilines is 1. The van der Waals surface area contributed by atoms with Crippen molar-refractivity contribution in [3.63, 3.8) is 0 Å². The van der Waals surface area contributed by atoms with E-state index >= 15 is 0 Å². The smallest absolute Gasteiger partial charge is 0.162 e. The minimum absolute atomic E-state index is 0.569. The van der Waals surface area contributed by atoms with E-state index in [1.807, 2.05) is 13.0 Å². The van der Waals surface area contributed by atoms with Crippen molar-refractivity contribution >= 4 is 17.0 Å². The highest BCUT2D eigenvalue weighted by atomic mass is 15.2. The first-order valence-corrected chi connectivity index (χ1v) is 4.87. The lowest BCUT2D eigenvalue weighted by Crippen LogP contribution is -1.99. The molecule has 1 aliphatic rings. The van der Waals surface area contributed by atoms with Crippen LogP contribution in [-0.4, -0.2) is 14.5 Å². The zero-order chi connectivity index (χ0) is 9.71. The second kappa shape index (κ2) is 2.47. The summed E-state index contributed by atoms with van der Waals surface area (Å²) in [5.74, 6) is 1.61. The van der Waals surface area contributed by atoms with Gasteiger partial charge in [0.1, 0.15) is 17.2 Å². The Bertz CT molecular complexity index is 496. The molecule has 0 saturated heterocycles. The van der Waals surface area contributed by atoms with Crippen molar-refractivity contribution in [3.05, 3.63) is 18.0 Å². The Morgan fingerprint density at radius 1 is 1.36 bits per heavy atom. The Labute approximate surface area is 81.8 Å². The van der Waals surface area contributed by atoms with Crippen LogP contribution in [0.5, 0.6) is 0 Å². The second-order valence-electron chi connectivity index (χ2n) is 3.84. The molecule has 4 nitrogen and oxygen atoms in total. The molecular formula is C10H12N4. The van der Waals surface area contributed by atoms with Gasteiger partial charge in [0.2, 0.25) is 0 Å². The molecular weight excluding hydrogens is 176 g/mol. The Morgan fingerprint density at radius 2 is 2.14 bits per heavy atom. The summed E-state index contributed by atoms with van der Waals surface area (Å²) >= 11 is 0. The molecule has 1 aliphatic carbocycles. The fourth-order valence-corrected chi connectivity index (χ4v) is 1.87. The highest BCUT2D eigenvalue weighted by Gasteiger charge is 2.27. The number of nitrogen functional groups attached to an aromatic ring is 1. The zero-order valence-corrected chi connectivity index (χ0v) is 8.07. The van der Waals surface area contributed by atoms with Crippen LogP contribution >= 0.6 is 0 Å². The maximum absolute atomic E-state index is 5.67. The number of fused-ring (bicyclic) bond motifs is 1.